The van der Waals surface area contributed by atoms with Crippen molar-refractivity contribution in [3.63, 3.8) is 0 Å². The number of ether oxygens (including phenoxy) is 2. The third-order valence-corrected chi connectivity index (χ3v) is 2.52. The molecular formula is C14H19NO5. The molecule has 0 aliphatic carbocycles. The Morgan fingerprint density at radius 3 is 2.15 bits per heavy atom. The van der Waals surface area contributed by atoms with Crippen LogP contribution in [0.15, 0.2) is 30.3 Å². The van der Waals surface area contributed by atoms with Crippen molar-refractivity contribution < 1.29 is 24.2 Å². The average Bonchev–Trinajstić information content (AvgIpc) is 2.45. The van der Waals surface area contributed by atoms with Crippen LogP contribution >= 0.6 is 0 Å². The topological polar surface area (TPSA) is 84.9 Å². The average molecular weight is 281 g/mol. The number of hydrogen-bond donors (Lipinski definition) is 2. The number of rotatable bonds is 8. The first-order valence-corrected chi connectivity index (χ1v) is 6.42. The van der Waals surface area contributed by atoms with E-state index >= 15 is 0 Å². The second-order valence-electron chi connectivity index (χ2n) is 3.93. The zero-order valence-corrected chi connectivity index (χ0v) is 11.5. The molecule has 0 aliphatic rings. The largest absolute Gasteiger partial charge is 0.480 e. The lowest BCUT2D eigenvalue weighted by Gasteiger charge is -2.24. The highest BCUT2D eigenvalue weighted by atomic mass is 16.7. The van der Waals surface area contributed by atoms with Crippen LogP contribution in [0.25, 0.3) is 0 Å². The molecule has 1 amide bonds. The number of carbonyl (C=O) groups is 2. The van der Waals surface area contributed by atoms with E-state index in [4.69, 9.17) is 9.47 Å². The zero-order valence-electron chi connectivity index (χ0n) is 11.5. The highest BCUT2D eigenvalue weighted by Gasteiger charge is 2.31. The number of hydrogen-bond acceptors (Lipinski definition) is 4. The Bertz CT molecular complexity index is 428. The molecule has 0 heterocycles. The van der Waals surface area contributed by atoms with Crippen molar-refractivity contribution in [2.45, 2.75) is 26.2 Å². The minimum atomic E-state index is -1.26. The van der Waals surface area contributed by atoms with E-state index in [1.165, 1.54) is 0 Å². The van der Waals surface area contributed by atoms with Crippen molar-refractivity contribution in [1.82, 2.24) is 5.32 Å². The number of carboxylic acid groups (broad SMARTS) is 1. The Hall–Kier alpha value is -1.92. The Labute approximate surface area is 117 Å². The van der Waals surface area contributed by atoms with Gasteiger partial charge >= 0.3 is 5.97 Å². The van der Waals surface area contributed by atoms with Crippen LogP contribution in [-0.2, 0) is 14.3 Å². The summed E-state index contributed by atoms with van der Waals surface area (Å²) >= 11 is 0. The van der Waals surface area contributed by atoms with Crippen molar-refractivity contribution in [3.8, 4) is 0 Å². The molecule has 2 N–H and O–H groups in total. The molecule has 0 aromatic heterocycles. The SMILES string of the molecule is CCOC(OCC)C(NC(=O)c1ccccc1)C(=O)O. The summed E-state index contributed by atoms with van der Waals surface area (Å²) in [5.74, 6) is -1.69. The van der Waals surface area contributed by atoms with Gasteiger partial charge in [-0.1, -0.05) is 18.2 Å². The van der Waals surface area contributed by atoms with Gasteiger partial charge in [0.2, 0.25) is 0 Å². The minimum absolute atomic E-state index is 0.287. The number of aliphatic carboxylic acids is 1. The second-order valence-corrected chi connectivity index (χ2v) is 3.93. The van der Waals surface area contributed by atoms with Gasteiger partial charge in [0.15, 0.2) is 12.3 Å². The van der Waals surface area contributed by atoms with Gasteiger partial charge in [-0.3, -0.25) is 4.79 Å². The van der Waals surface area contributed by atoms with Gasteiger partial charge in [-0.2, -0.15) is 0 Å². The van der Waals surface area contributed by atoms with E-state index in [-0.39, 0.29) is 13.2 Å². The fourth-order valence-corrected chi connectivity index (χ4v) is 1.63. The molecule has 1 atom stereocenters. The zero-order chi connectivity index (χ0) is 15.0. The van der Waals surface area contributed by atoms with E-state index in [0.717, 1.165) is 0 Å². The summed E-state index contributed by atoms with van der Waals surface area (Å²) in [6, 6.07) is 7.12. The fourth-order valence-electron chi connectivity index (χ4n) is 1.63. The molecule has 0 saturated heterocycles. The van der Waals surface area contributed by atoms with Gasteiger partial charge in [0.25, 0.3) is 5.91 Å². The van der Waals surface area contributed by atoms with Gasteiger partial charge < -0.3 is 19.9 Å². The Balaban J connectivity index is 2.80. The summed E-state index contributed by atoms with van der Waals surface area (Å²) in [7, 11) is 0. The van der Waals surface area contributed by atoms with Gasteiger partial charge in [0.05, 0.1) is 0 Å². The molecule has 0 bridgehead atoms. The van der Waals surface area contributed by atoms with Crippen molar-refractivity contribution in [3.05, 3.63) is 35.9 Å². The van der Waals surface area contributed by atoms with E-state index in [2.05, 4.69) is 5.32 Å². The van der Waals surface area contributed by atoms with Gasteiger partial charge in [-0.15, -0.1) is 0 Å². The summed E-state index contributed by atoms with van der Waals surface area (Å²) in [5, 5.41) is 11.6. The van der Waals surface area contributed by atoms with Crippen LogP contribution in [0.5, 0.6) is 0 Å². The molecule has 6 nitrogen and oxygen atoms in total. The lowest BCUT2D eigenvalue weighted by atomic mass is 10.2. The van der Waals surface area contributed by atoms with E-state index < -0.39 is 24.2 Å². The summed E-state index contributed by atoms with van der Waals surface area (Å²) in [6.07, 6.45) is -1.02. The molecule has 6 heteroatoms. The summed E-state index contributed by atoms with van der Waals surface area (Å²) in [4.78, 5) is 23.3. The maximum atomic E-state index is 12.0. The molecule has 0 spiro atoms. The fraction of sp³-hybridized carbons (Fsp3) is 0.429. The van der Waals surface area contributed by atoms with Gasteiger partial charge in [-0.05, 0) is 26.0 Å². The first kappa shape index (κ1) is 16.1. The van der Waals surface area contributed by atoms with Crippen LogP contribution in [0.2, 0.25) is 0 Å². The van der Waals surface area contributed by atoms with Gasteiger partial charge in [-0.25, -0.2) is 4.79 Å². The van der Waals surface area contributed by atoms with Gasteiger partial charge in [0, 0.05) is 18.8 Å². The van der Waals surface area contributed by atoms with Crippen molar-refractivity contribution in [2.24, 2.45) is 0 Å². The maximum absolute atomic E-state index is 12.0. The lowest BCUT2D eigenvalue weighted by Crippen LogP contribution is -2.50. The molecule has 1 unspecified atom stereocenters. The Morgan fingerprint density at radius 1 is 1.15 bits per heavy atom. The summed E-state index contributed by atoms with van der Waals surface area (Å²) in [5.41, 5.74) is 0.380. The molecule has 0 radical (unpaired) electrons. The highest BCUT2D eigenvalue weighted by molar-refractivity contribution is 5.96. The quantitative estimate of drug-likeness (QED) is 0.701. The first-order valence-electron chi connectivity index (χ1n) is 6.42. The minimum Gasteiger partial charge on any atom is -0.480 e. The maximum Gasteiger partial charge on any atom is 0.331 e. The molecule has 1 rings (SSSR count). The third-order valence-electron chi connectivity index (χ3n) is 2.52. The van der Waals surface area contributed by atoms with Gasteiger partial charge in [0.1, 0.15) is 0 Å². The standard InChI is InChI=1S/C14H19NO5/c1-3-19-14(20-4-2)11(13(17)18)15-12(16)10-8-6-5-7-9-10/h5-9,11,14H,3-4H2,1-2H3,(H,15,16)(H,17,18). The molecule has 1 aromatic rings. The second kappa shape index (κ2) is 8.29. The third kappa shape index (κ3) is 4.64. The Kier molecular flexibility index (Phi) is 6.69. The molecule has 20 heavy (non-hydrogen) atoms. The van der Waals surface area contributed by atoms with Crippen LogP contribution in [0.1, 0.15) is 24.2 Å². The number of carboxylic acids is 1. The number of nitrogens with one attached hydrogen (secondary N) is 1. The van der Waals surface area contributed by atoms with Crippen LogP contribution in [0, 0.1) is 0 Å². The first-order chi connectivity index (χ1) is 9.60. The molecule has 0 aliphatic heterocycles. The van der Waals surface area contributed by atoms with E-state index in [1.807, 2.05) is 0 Å². The predicted octanol–water partition coefficient (Wildman–Crippen LogP) is 1.27. The normalized spacial score (nSPS) is 12.2. The highest BCUT2D eigenvalue weighted by Crippen LogP contribution is 2.06. The van der Waals surface area contributed by atoms with E-state index in [0.29, 0.717) is 5.56 Å². The van der Waals surface area contributed by atoms with Crippen molar-refractivity contribution in [2.75, 3.05) is 13.2 Å². The van der Waals surface area contributed by atoms with Crippen LogP contribution in [-0.4, -0.2) is 42.5 Å². The van der Waals surface area contributed by atoms with Crippen LogP contribution in [0.4, 0.5) is 0 Å². The molecular weight excluding hydrogens is 262 g/mol. The van der Waals surface area contributed by atoms with Crippen molar-refractivity contribution in [1.29, 1.82) is 0 Å². The molecule has 1 aromatic carbocycles. The lowest BCUT2D eigenvalue weighted by molar-refractivity contribution is -0.173. The monoisotopic (exact) mass is 281 g/mol. The molecule has 110 valence electrons. The summed E-state index contributed by atoms with van der Waals surface area (Å²) < 4.78 is 10.4. The van der Waals surface area contributed by atoms with Crippen LogP contribution in [0.3, 0.4) is 0 Å². The smallest absolute Gasteiger partial charge is 0.331 e. The number of benzene rings is 1. The predicted molar refractivity (Wildman–Crippen MR) is 72.4 cm³/mol. The summed E-state index contributed by atoms with van der Waals surface area (Å²) in [6.45, 7) is 4.03. The Morgan fingerprint density at radius 2 is 1.70 bits per heavy atom. The van der Waals surface area contributed by atoms with E-state index in [1.54, 1.807) is 44.2 Å². The number of carbonyl (C=O) groups excluding carboxylic acids is 1. The van der Waals surface area contributed by atoms with Crippen molar-refractivity contribution >= 4 is 11.9 Å². The molecule has 0 fully saturated rings. The van der Waals surface area contributed by atoms with E-state index in [9.17, 15) is 14.7 Å². The van der Waals surface area contributed by atoms with Crippen LogP contribution < -0.4 is 5.32 Å². The molecule has 0 saturated carbocycles. The number of amides is 1.